The third kappa shape index (κ3) is 3.42. The second-order valence-electron chi connectivity index (χ2n) is 7.97. The van der Waals surface area contributed by atoms with E-state index in [2.05, 4.69) is 54.3 Å². The number of hydrogen-bond acceptors (Lipinski definition) is 5. The van der Waals surface area contributed by atoms with Gasteiger partial charge in [-0.3, -0.25) is 4.79 Å². The standard InChI is InChI=1S/C22H25N5O/c1-12-6-13(2)8-17(7-12)25-21-20-18(9-14(3)10-19(20)28)27(26-21)22-23-15(4)11-16(5)24-22/h6-8,11,14H,9-10H2,1-5H3,(H,25,26). The van der Waals surface area contributed by atoms with Gasteiger partial charge in [0, 0.05) is 23.5 Å². The highest BCUT2D eigenvalue weighted by atomic mass is 16.1. The molecule has 0 amide bonds. The molecule has 0 saturated heterocycles. The fraction of sp³-hybridized carbons (Fsp3) is 0.364. The molecular weight excluding hydrogens is 350 g/mol. The van der Waals surface area contributed by atoms with Crippen molar-refractivity contribution in [2.45, 2.75) is 47.5 Å². The molecule has 1 aliphatic carbocycles. The van der Waals surface area contributed by atoms with Gasteiger partial charge in [-0.15, -0.1) is 5.10 Å². The number of nitrogens with one attached hydrogen (secondary N) is 1. The third-order valence-electron chi connectivity index (χ3n) is 4.98. The lowest BCUT2D eigenvalue weighted by Gasteiger charge is -2.19. The molecule has 1 unspecified atom stereocenters. The molecule has 2 aromatic heterocycles. The van der Waals surface area contributed by atoms with Crippen LogP contribution in [0.2, 0.25) is 0 Å². The molecule has 1 N–H and O–H groups in total. The highest BCUT2D eigenvalue weighted by Gasteiger charge is 2.31. The Morgan fingerprint density at radius 3 is 2.25 bits per heavy atom. The molecule has 0 spiro atoms. The smallest absolute Gasteiger partial charge is 0.251 e. The normalized spacial score (nSPS) is 16.2. The molecule has 0 radical (unpaired) electrons. The van der Waals surface area contributed by atoms with Crippen molar-refractivity contribution in [2.75, 3.05) is 5.32 Å². The van der Waals surface area contributed by atoms with E-state index < -0.39 is 0 Å². The van der Waals surface area contributed by atoms with E-state index in [0.717, 1.165) is 40.3 Å². The van der Waals surface area contributed by atoms with Crippen LogP contribution in [0.1, 0.15) is 51.9 Å². The Morgan fingerprint density at radius 2 is 1.61 bits per heavy atom. The number of hydrogen-bond donors (Lipinski definition) is 1. The summed E-state index contributed by atoms with van der Waals surface area (Å²) < 4.78 is 1.74. The molecule has 0 fully saturated rings. The number of anilines is 2. The molecule has 3 aromatic rings. The third-order valence-corrected chi connectivity index (χ3v) is 4.98. The van der Waals surface area contributed by atoms with Crippen LogP contribution < -0.4 is 5.32 Å². The Morgan fingerprint density at radius 1 is 0.964 bits per heavy atom. The number of carbonyl (C=O) groups excluding carboxylic acids is 1. The van der Waals surface area contributed by atoms with Gasteiger partial charge in [-0.25, -0.2) is 14.6 Å². The molecule has 0 bridgehead atoms. The van der Waals surface area contributed by atoms with Crippen molar-refractivity contribution in [3.05, 3.63) is 58.0 Å². The maximum Gasteiger partial charge on any atom is 0.251 e. The molecular formula is C22H25N5O. The zero-order valence-corrected chi connectivity index (χ0v) is 17.0. The molecule has 6 heteroatoms. The Balaban J connectivity index is 1.86. The number of ketones is 1. The molecule has 1 atom stereocenters. The minimum absolute atomic E-state index is 0.122. The second kappa shape index (κ2) is 6.86. The van der Waals surface area contributed by atoms with E-state index >= 15 is 0 Å². The Hall–Kier alpha value is -3.02. The van der Waals surface area contributed by atoms with Gasteiger partial charge in [0.25, 0.3) is 5.95 Å². The first-order valence-corrected chi connectivity index (χ1v) is 9.63. The monoisotopic (exact) mass is 375 g/mol. The maximum absolute atomic E-state index is 12.9. The number of aryl methyl sites for hydroxylation is 4. The van der Waals surface area contributed by atoms with Gasteiger partial charge in [-0.1, -0.05) is 13.0 Å². The molecule has 144 valence electrons. The van der Waals surface area contributed by atoms with Crippen LogP contribution in [0.5, 0.6) is 0 Å². The van der Waals surface area contributed by atoms with E-state index in [1.54, 1.807) is 4.68 Å². The van der Waals surface area contributed by atoms with Crippen LogP contribution >= 0.6 is 0 Å². The van der Waals surface area contributed by atoms with E-state index in [9.17, 15) is 4.79 Å². The zero-order chi connectivity index (χ0) is 20.0. The highest BCUT2D eigenvalue weighted by Crippen LogP contribution is 2.33. The predicted molar refractivity (Wildman–Crippen MR) is 110 cm³/mol. The van der Waals surface area contributed by atoms with E-state index in [0.29, 0.717) is 23.8 Å². The highest BCUT2D eigenvalue weighted by molar-refractivity contribution is 6.03. The summed E-state index contributed by atoms with van der Waals surface area (Å²) in [6.45, 7) is 10.1. The van der Waals surface area contributed by atoms with Crippen LogP contribution in [0.3, 0.4) is 0 Å². The quantitative estimate of drug-likeness (QED) is 0.734. The maximum atomic E-state index is 12.9. The molecule has 0 aliphatic heterocycles. The summed E-state index contributed by atoms with van der Waals surface area (Å²) in [6.07, 6.45) is 1.31. The lowest BCUT2D eigenvalue weighted by molar-refractivity contribution is 0.0953. The minimum Gasteiger partial charge on any atom is -0.338 e. The van der Waals surface area contributed by atoms with Crippen molar-refractivity contribution in [1.82, 2.24) is 19.7 Å². The van der Waals surface area contributed by atoms with E-state index in [-0.39, 0.29) is 11.7 Å². The first-order valence-electron chi connectivity index (χ1n) is 9.63. The van der Waals surface area contributed by atoms with Crippen molar-refractivity contribution >= 4 is 17.3 Å². The van der Waals surface area contributed by atoms with Crippen molar-refractivity contribution in [3.63, 3.8) is 0 Å². The summed E-state index contributed by atoms with van der Waals surface area (Å²) in [5, 5.41) is 8.11. The van der Waals surface area contributed by atoms with Crippen LogP contribution in [0, 0.1) is 33.6 Å². The Labute approximate surface area is 165 Å². The van der Waals surface area contributed by atoms with E-state index in [1.165, 1.54) is 0 Å². The Kier molecular flexibility index (Phi) is 4.49. The van der Waals surface area contributed by atoms with E-state index in [1.807, 2.05) is 19.9 Å². The van der Waals surface area contributed by atoms with Crippen molar-refractivity contribution < 1.29 is 4.79 Å². The van der Waals surface area contributed by atoms with Crippen LogP contribution in [0.4, 0.5) is 11.5 Å². The van der Waals surface area contributed by atoms with Gasteiger partial charge >= 0.3 is 0 Å². The fourth-order valence-electron chi connectivity index (χ4n) is 3.99. The van der Waals surface area contributed by atoms with Gasteiger partial charge in [0.1, 0.15) is 0 Å². The average molecular weight is 375 g/mol. The average Bonchev–Trinajstić information content (AvgIpc) is 2.91. The molecule has 28 heavy (non-hydrogen) atoms. The van der Waals surface area contributed by atoms with Gasteiger partial charge in [0.05, 0.1) is 11.3 Å². The summed E-state index contributed by atoms with van der Waals surface area (Å²) >= 11 is 0. The van der Waals surface area contributed by atoms with Crippen LogP contribution in [-0.4, -0.2) is 25.5 Å². The summed E-state index contributed by atoms with van der Waals surface area (Å²) in [5.74, 6) is 1.50. The predicted octanol–water partition coefficient (Wildman–Crippen LogP) is 4.40. The molecule has 2 heterocycles. The number of rotatable bonds is 3. The summed E-state index contributed by atoms with van der Waals surface area (Å²) in [7, 11) is 0. The first-order chi connectivity index (χ1) is 13.3. The molecule has 1 aliphatic rings. The van der Waals surface area contributed by atoms with Crippen molar-refractivity contribution in [3.8, 4) is 5.95 Å². The van der Waals surface area contributed by atoms with Gasteiger partial charge < -0.3 is 5.32 Å². The van der Waals surface area contributed by atoms with Crippen LogP contribution in [0.15, 0.2) is 24.3 Å². The molecule has 0 saturated carbocycles. The van der Waals surface area contributed by atoms with Gasteiger partial charge in [-0.05, 0) is 69.4 Å². The van der Waals surface area contributed by atoms with Gasteiger partial charge in [0.15, 0.2) is 11.6 Å². The first kappa shape index (κ1) is 18.3. The van der Waals surface area contributed by atoms with Gasteiger partial charge in [0.2, 0.25) is 0 Å². The molecule has 6 nitrogen and oxygen atoms in total. The largest absolute Gasteiger partial charge is 0.338 e. The molecule has 4 rings (SSSR count). The van der Waals surface area contributed by atoms with Crippen molar-refractivity contribution in [2.24, 2.45) is 5.92 Å². The summed E-state index contributed by atoms with van der Waals surface area (Å²) in [6, 6.07) is 8.17. The SMILES string of the molecule is Cc1cc(C)cc(Nc2nn(-c3nc(C)cc(C)n3)c3c2C(=O)CC(C)C3)c1. The topological polar surface area (TPSA) is 72.7 Å². The minimum atomic E-state index is 0.122. The summed E-state index contributed by atoms with van der Waals surface area (Å²) in [5.41, 5.74) is 6.57. The number of Topliss-reactive ketones (excluding diaryl/α,β-unsaturated/α-hetero) is 1. The lowest BCUT2D eigenvalue weighted by atomic mass is 9.88. The number of nitrogens with zero attached hydrogens (tertiary/aromatic N) is 4. The van der Waals surface area contributed by atoms with Crippen molar-refractivity contribution in [1.29, 1.82) is 0 Å². The lowest BCUT2D eigenvalue weighted by Crippen LogP contribution is -2.20. The Bertz CT molecular complexity index is 1040. The number of fused-ring (bicyclic) bond motifs is 1. The van der Waals surface area contributed by atoms with Gasteiger partial charge in [-0.2, -0.15) is 0 Å². The number of aromatic nitrogens is 4. The number of carbonyl (C=O) groups is 1. The second-order valence-corrected chi connectivity index (χ2v) is 7.97. The zero-order valence-electron chi connectivity index (χ0n) is 17.0. The van der Waals surface area contributed by atoms with Crippen LogP contribution in [0.25, 0.3) is 5.95 Å². The molecule has 1 aromatic carbocycles. The fourth-order valence-corrected chi connectivity index (χ4v) is 3.99. The van der Waals surface area contributed by atoms with E-state index in [4.69, 9.17) is 5.10 Å². The van der Waals surface area contributed by atoms with Crippen LogP contribution in [-0.2, 0) is 6.42 Å². The summed E-state index contributed by atoms with van der Waals surface area (Å²) in [4.78, 5) is 22.0. The number of benzene rings is 1.